The van der Waals surface area contributed by atoms with Crippen LogP contribution in [0.15, 0.2) is 6.20 Å². The van der Waals surface area contributed by atoms with Crippen LogP contribution >= 0.6 is 0 Å². The molecule has 0 saturated heterocycles. The molecule has 88 valence electrons. The maximum Gasteiger partial charge on any atom is 0.105 e. The van der Waals surface area contributed by atoms with E-state index < -0.39 is 0 Å². The van der Waals surface area contributed by atoms with Crippen molar-refractivity contribution < 1.29 is 0 Å². The second-order valence-corrected chi connectivity index (χ2v) is 3.93. The molecule has 1 N–H and O–H groups in total. The van der Waals surface area contributed by atoms with E-state index in [1.807, 2.05) is 13.1 Å². The Balaban J connectivity index is 2.52. The van der Waals surface area contributed by atoms with Crippen molar-refractivity contribution in [3.8, 4) is 12.3 Å². The average Bonchev–Trinajstić information content (AvgIpc) is 2.62. The van der Waals surface area contributed by atoms with Crippen molar-refractivity contribution in [2.75, 3.05) is 6.54 Å². The zero-order chi connectivity index (χ0) is 11.8. The molecule has 0 spiro atoms. The van der Waals surface area contributed by atoms with Crippen LogP contribution in [0.25, 0.3) is 0 Å². The first-order chi connectivity index (χ1) is 7.79. The fourth-order valence-electron chi connectivity index (χ4n) is 1.69. The van der Waals surface area contributed by atoms with E-state index in [4.69, 9.17) is 6.42 Å². The molecule has 1 rings (SSSR count). The monoisotopic (exact) mass is 219 g/mol. The molecule has 3 nitrogen and oxygen atoms in total. The van der Waals surface area contributed by atoms with Crippen molar-refractivity contribution in [1.29, 1.82) is 0 Å². The Bertz CT molecular complexity index is 347. The predicted molar refractivity (Wildman–Crippen MR) is 67.0 cm³/mol. The van der Waals surface area contributed by atoms with Gasteiger partial charge in [-0.3, -0.25) is 0 Å². The first kappa shape index (κ1) is 12.8. The van der Waals surface area contributed by atoms with Crippen molar-refractivity contribution in [3.63, 3.8) is 0 Å². The average molecular weight is 219 g/mol. The van der Waals surface area contributed by atoms with Gasteiger partial charge in [-0.25, -0.2) is 4.98 Å². The lowest BCUT2D eigenvalue weighted by atomic mass is 10.3. The standard InChI is InChI=1S/C13H21N3/c1-4-6-7-9-16-12(3)15-11-13(16)10-14-8-5-2/h1,11,14H,5-10H2,2-3H3. The van der Waals surface area contributed by atoms with Crippen LogP contribution < -0.4 is 5.32 Å². The highest BCUT2D eigenvalue weighted by atomic mass is 15.1. The summed E-state index contributed by atoms with van der Waals surface area (Å²) in [6.07, 6.45) is 10.2. The number of aromatic nitrogens is 2. The van der Waals surface area contributed by atoms with Crippen molar-refractivity contribution in [2.24, 2.45) is 0 Å². The minimum absolute atomic E-state index is 0.833. The molecule has 1 heterocycles. The van der Waals surface area contributed by atoms with Gasteiger partial charge in [0, 0.05) is 25.7 Å². The largest absolute Gasteiger partial charge is 0.331 e. The van der Waals surface area contributed by atoms with E-state index in [1.165, 1.54) is 5.69 Å². The molecule has 0 aliphatic carbocycles. The van der Waals surface area contributed by atoms with Gasteiger partial charge in [0.15, 0.2) is 0 Å². The Morgan fingerprint density at radius 1 is 1.56 bits per heavy atom. The molecule has 0 fully saturated rings. The van der Waals surface area contributed by atoms with E-state index in [0.29, 0.717) is 0 Å². The summed E-state index contributed by atoms with van der Waals surface area (Å²) >= 11 is 0. The quantitative estimate of drug-likeness (QED) is 0.562. The van der Waals surface area contributed by atoms with E-state index in [2.05, 4.69) is 27.7 Å². The summed E-state index contributed by atoms with van der Waals surface area (Å²) in [6, 6.07) is 0. The summed E-state index contributed by atoms with van der Waals surface area (Å²) in [5.74, 6) is 3.75. The topological polar surface area (TPSA) is 29.9 Å². The van der Waals surface area contributed by atoms with Crippen LogP contribution in [0.3, 0.4) is 0 Å². The Morgan fingerprint density at radius 3 is 3.06 bits per heavy atom. The van der Waals surface area contributed by atoms with Gasteiger partial charge in [0.05, 0.1) is 5.69 Å². The van der Waals surface area contributed by atoms with Gasteiger partial charge in [-0.2, -0.15) is 0 Å². The molecule has 1 aromatic rings. The lowest BCUT2D eigenvalue weighted by molar-refractivity contribution is 0.578. The van der Waals surface area contributed by atoms with Crippen molar-refractivity contribution in [3.05, 3.63) is 17.7 Å². The molecule has 0 aliphatic heterocycles. The molecule has 0 aromatic carbocycles. The molecule has 1 aromatic heterocycles. The van der Waals surface area contributed by atoms with Gasteiger partial charge in [-0.1, -0.05) is 6.92 Å². The highest BCUT2D eigenvalue weighted by Crippen LogP contribution is 2.06. The van der Waals surface area contributed by atoms with E-state index in [0.717, 1.165) is 44.7 Å². The first-order valence-electron chi connectivity index (χ1n) is 5.94. The number of unbranched alkanes of at least 4 members (excludes halogenated alkanes) is 1. The van der Waals surface area contributed by atoms with Gasteiger partial charge in [-0.05, 0) is 26.3 Å². The highest BCUT2D eigenvalue weighted by molar-refractivity contribution is 5.04. The molecule has 0 unspecified atom stereocenters. The van der Waals surface area contributed by atoms with Crippen LogP contribution in [0, 0.1) is 19.3 Å². The maximum absolute atomic E-state index is 5.26. The number of imidazole rings is 1. The second kappa shape index (κ2) is 7.08. The summed E-state index contributed by atoms with van der Waals surface area (Å²) in [7, 11) is 0. The van der Waals surface area contributed by atoms with E-state index in [1.54, 1.807) is 0 Å². The number of aryl methyl sites for hydroxylation is 1. The lowest BCUT2D eigenvalue weighted by Gasteiger charge is -2.09. The van der Waals surface area contributed by atoms with Crippen LogP contribution in [0.5, 0.6) is 0 Å². The normalized spacial score (nSPS) is 10.3. The van der Waals surface area contributed by atoms with Crippen LogP contribution in [-0.4, -0.2) is 16.1 Å². The Kier molecular flexibility index (Phi) is 5.66. The summed E-state index contributed by atoms with van der Waals surface area (Å²) in [6.45, 7) is 7.13. The number of rotatable bonds is 7. The van der Waals surface area contributed by atoms with Crippen molar-refractivity contribution in [2.45, 2.75) is 46.2 Å². The Labute approximate surface area is 98.3 Å². The zero-order valence-electron chi connectivity index (χ0n) is 10.3. The molecule has 0 bridgehead atoms. The molecule has 0 radical (unpaired) electrons. The Morgan fingerprint density at radius 2 is 2.38 bits per heavy atom. The molecular formula is C13H21N3. The summed E-state index contributed by atoms with van der Waals surface area (Å²) < 4.78 is 2.25. The predicted octanol–water partition coefficient (Wildman–Crippen LogP) is 2.10. The van der Waals surface area contributed by atoms with Gasteiger partial charge in [-0.15, -0.1) is 12.3 Å². The van der Waals surface area contributed by atoms with E-state index >= 15 is 0 Å². The first-order valence-corrected chi connectivity index (χ1v) is 5.94. The minimum atomic E-state index is 0.833. The maximum atomic E-state index is 5.26. The number of terminal acetylenes is 1. The summed E-state index contributed by atoms with van der Waals surface area (Å²) in [5, 5.41) is 3.39. The SMILES string of the molecule is C#CCCCn1c(CNCCC)cnc1C. The fraction of sp³-hybridized carbons (Fsp3) is 0.615. The fourth-order valence-corrected chi connectivity index (χ4v) is 1.69. The lowest BCUT2D eigenvalue weighted by Crippen LogP contribution is -2.17. The molecule has 0 saturated carbocycles. The second-order valence-electron chi connectivity index (χ2n) is 3.93. The van der Waals surface area contributed by atoms with Crippen LogP contribution in [0.1, 0.15) is 37.7 Å². The van der Waals surface area contributed by atoms with Gasteiger partial charge in [0.25, 0.3) is 0 Å². The van der Waals surface area contributed by atoms with Gasteiger partial charge in [0.2, 0.25) is 0 Å². The van der Waals surface area contributed by atoms with E-state index in [9.17, 15) is 0 Å². The number of hydrogen-bond acceptors (Lipinski definition) is 2. The van der Waals surface area contributed by atoms with Crippen LogP contribution in [0.2, 0.25) is 0 Å². The van der Waals surface area contributed by atoms with Gasteiger partial charge < -0.3 is 9.88 Å². The molecular weight excluding hydrogens is 198 g/mol. The van der Waals surface area contributed by atoms with Crippen molar-refractivity contribution in [1.82, 2.24) is 14.9 Å². The molecule has 3 heteroatoms. The third-order valence-electron chi connectivity index (χ3n) is 2.57. The summed E-state index contributed by atoms with van der Waals surface area (Å²) in [4.78, 5) is 4.35. The minimum Gasteiger partial charge on any atom is -0.331 e. The molecule has 16 heavy (non-hydrogen) atoms. The third kappa shape index (κ3) is 3.71. The summed E-state index contributed by atoms with van der Waals surface area (Å²) in [5.41, 5.74) is 1.25. The number of nitrogens with zero attached hydrogens (tertiary/aromatic N) is 2. The van der Waals surface area contributed by atoms with Gasteiger partial charge in [0.1, 0.15) is 5.82 Å². The number of hydrogen-bond donors (Lipinski definition) is 1. The Hall–Kier alpha value is -1.27. The third-order valence-corrected chi connectivity index (χ3v) is 2.57. The van der Waals surface area contributed by atoms with E-state index in [-0.39, 0.29) is 0 Å². The van der Waals surface area contributed by atoms with Crippen LogP contribution in [0.4, 0.5) is 0 Å². The van der Waals surface area contributed by atoms with Crippen LogP contribution in [-0.2, 0) is 13.1 Å². The smallest absolute Gasteiger partial charge is 0.105 e. The highest BCUT2D eigenvalue weighted by Gasteiger charge is 2.05. The van der Waals surface area contributed by atoms with Gasteiger partial charge >= 0.3 is 0 Å². The number of nitrogens with one attached hydrogen (secondary N) is 1. The molecule has 0 aliphatic rings. The molecule has 0 amide bonds. The zero-order valence-corrected chi connectivity index (χ0v) is 10.3. The molecule has 0 atom stereocenters. The van der Waals surface area contributed by atoms with Crippen molar-refractivity contribution >= 4 is 0 Å².